The maximum Gasteiger partial charge on any atom is 0.343 e. The summed E-state index contributed by atoms with van der Waals surface area (Å²) in [6, 6.07) is 11.4. The van der Waals surface area contributed by atoms with Gasteiger partial charge in [0.2, 0.25) is 0 Å². The van der Waals surface area contributed by atoms with Crippen LogP contribution in [0.3, 0.4) is 0 Å². The predicted molar refractivity (Wildman–Crippen MR) is 75.8 cm³/mol. The van der Waals surface area contributed by atoms with Crippen molar-refractivity contribution in [1.82, 2.24) is 0 Å². The van der Waals surface area contributed by atoms with Crippen LogP contribution < -0.4 is 9.47 Å². The summed E-state index contributed by atoms with van der Waals surface area (Å²) in [5.41, 5.74) is 0.413. The molecule has 0 spiro atoms. The molecule has 0 amide bonds. The molecule has 2 rings (SSSR count). The zero-order valence-electron chi connectivity index (χ0n) is 11.5. The van der Waals surface area contributed by atoms with Crippen LogP contribution in [0.25, 0.3) is 0 Å². The van der Waals surface area contributed by atoms with Crippen LogP contribution in [0.1, 0.15) is 15.9 Å². The van der Waals surface area contributed by atoms with E-state index in [2.05, 4.69) is 0 Å². The molecule has 0 atom stereocenters. The summed E-state index contributed by atoms with van der Waals surface area (Å²) >= 11 is 0. The molecule has 110 valence electrons. The SMILES string of the molecule is COc1cc(C#N)ccc1OC(=O)c1ccc([N+](=O)[O-])cc1. The Morgan fingerprint density at radius 2 is 1.86 bits per heavy atom. The Bertz CT molecular complexity index is 762. The van der Waals surface area contributed by atoms with Crippen molar-refractivity contribution in [1.29, 1.82) is 5.26 Å². The maximum atomic E-state index is 12.0. The van der Waals surface area contributed by atoms with Crippen LogP contribution in [0, 0.1) is 21.4 Å². The normalized spacial score (nSPS) is 9.64. The van der Waals surface area contributed by atoms with Gasteiger partial charge < -0.3 is 9.47 Å². The number of esters is 1. The highest BCUT2D eigenvalue weighted by Crippen LogP contribution is 2.28. The number of methoxy groups -OCH3 is 1. The first kappa shape index (κ1) is 15.0. The third kappa shape index (κ3) is 3.19. The molecule has 0 N–H and O–H groups in total. The van der Waals surface area contributed by atoms with Gasteiger partial charge in [0.05, 0.1) is 29.2 Å². The van der Waals surface area contributed by atoms with Crippen LogP contribution in [0.5, 0.6) is 11.5 Å². The van der Waals surface area contributed by atoms with Crippen molar-refractivity contribution in [2.45, 2.75) is 0 Å². The Labute approximate surface area is 125 Å². The van der Waals surface area contributed by atoms with Gasteiger partial charge in [-0.15, -0.1) is 0 Å². The number of ether oxygens (including phenoxy) is 2. The fraction of sp³-hybridized carbons (Fsp3) is 0.0667. The van der Waals surface area contributed by atoms with E-state index in [1.807, 2.05) is 6.07 Å². The van der Waals surface area contributed by atoms with Crippen molar-refractivity contribution in [3.63, 3.8) is 0 Å². The van der Waals surface area contributed by atoms with Crippen molar-refractivity contribution in [3.8, 4) is 17.6 Å². The molecular weight excluding hydrogens is 288 g/mol. The number of nitrogens with zero attached hydrogens (tertiary/aromatic N) is 2. The molecule has 0 fully saturated rings. The number of hydrogen-bond donors (Lipinski definition) is 0. The fourth-order valence-corrected chi connectivity index (χ4v) is 1.70. The number of non-ortho nitro benzene ring substituents is 1. The number of nitro benzene ring substituents is 1. The molecule has 0 aliphatic carbocycles. The summed E-state index contributed by atoms with van der Waals surface area (Å²) in [6.07, 6.45) is 0. The van der Waals surface area contributed by atoms with Gasteiger partial charge in [-0.3, -0.25) is 10.1 Å². The van der Waals surface area contributed by atoms with Crippen LogP contribution in [0.2, 0.25) is 0 Å². The van der Waals surface area contributed by atoms with Crippen molar-refractivity contribution >= 4 is 11.7 Å². The van der Waals surface area contributed by atoms with E-state index in [0.29, 0.717) is 5.56 Å². The van der Waals surface area contributed by atoms with Gasteiger partial charge in [-0.1, -0.05) is 0 Å². The first-order valence-electron chi connectivity index (χ1n) is 6.10. The second-order valence-corrected chi connectivity index (χ2v) is 4.17. The molecule has 2 aromatic carbocycles. The minimum Gasteiger partial charge on any atom is -0.493 e. The Morgan fingerprint density at radius 1 is 1.18 bits per heavy atom. The van der Waals surface area contributed by atoms with Crippen molar-refractivity contribution in [2.75, 3.05) is 7.11 Å². The Morgan fingerprint density at radius 3 is 2.41 bits per heavy atom. The summed E-state index contributed by atoms with van der Waals surface area (Å²) in [6.45, 7) is 0. The second-order valence-electron chi connectivity index (χ2n) is 4.17. The van der Waals surface area contributed by atoms with E-state index < -0.39 is 10.9 Å². The Hall–Kier alpha value is -3.40. The van der Waals surface area contributed by atoms with E-state index in [1.54, 1.807) is 0 Å². The molecule has 0 aliphatic rings. The van der Waals surface area contributed by atoms with E-state index in [0.717, 1.165) is 0 Å². The van der Waals surface area contributed by atoms with Gasteiger partial charge in [0.1, 0.15) is 0 Å². The van der Waals surface area contributed by atoms with E-state index >= 15 is 0 Å². The van der Waals surface area contributed by atoms with Gasteiger partial charge in [-0.2, -0.15) is 5.26 Å². The Kier molecular flexibility index (Phi) is 4.34. The van der Waals surface area contributed by atoms with Crippen LogP contribution in [-0.4, -0.2) is 18.0 Å². The van der Waals surface area contributed by atoms with Crippen LogP contribution in [0.15, 0.2) is 42.5 Å². The number of nitro groups is 1. The first-order chi connectivity index (χ1) is 10.5. The minimum atomic E-state index is -0.682. The quantitative estimate of drug-likeness (QED) is 0.372. The topological polar surface area (TPSA) is 102 Å². The zero-order chi connectivity index (χ0) is 16.1. The molecule has 0 heterocycles. The lowest BCUT2D eigenvalue weighted by Gasteiger charge is -2.09. The highest BCUT2D eigenvalue weighted by atomic mass is 16.6. The van der Waals surface area contributed by atoms with E-state index in [-0.39, 0.29) is 22.7 Å². The average Bonchev–Trinajstić information content (AvgIpc) is 2.55. The van der Waals surface area contributed by atoms with Crippen molar-refractivity contribution in [3.05, 3.63) is 63.7 Å². The third-order valence-electron chi connectivity index (χ3n) is 2.81. The standard InChI is InChI=1S/C15H10N2O5/c1-21-14-8-10(9-16)2-7-13(14)22-15(18)11-3-5-12(6-4-11)17(19)20/h2-8H,1H3. The molecule has 0 aliphatic heterocycles. The lowest BCUT2D eigenvalue weighted by atomic mass is 10.2. The van der Waals surface area contributed by atoms with E-state index in [1.165, 1.54) is 49.6 Å². The maximum absolute atomic E-state index is 12.0. The molecular formula is C15H10N2O5. The number of carbonyl (C=O) groups is 1. The molecule has 7 nitrogen and oxygen atoms in total. The van der Waals surface area contributed by atoms with Crippen molar-refractivity contribution in [2.24, 2.45) is 0 Å². The monoisotopic (exact) mass is 298 g/mol. The lowest BCUT2D eigenvalue weighted by Crippen LogP contribution is -2.09. The van der Waals surface area contributed by atoms with Crippen LogP contribution in [-0.2, 0) is 0 Å². The molecule has 7 heteroatoms. The second kappa shape index (κ2) is 6.37. The molecule has 0 bridgehead atoms. The third-order valence-corrected chi connectivity index (χ3v) is 2.81. The van der Waals surface area contributed by atoms with Gasteiger partial charge in [-0.25, -0.2) is 4.79 Å². The highest BCUT2D eigenvalue weighted by molar-refractivity contribution is 5.91. The molecule has 0 aromatic heterocycles. The molecule has 0 radical (unpaired) electrons. The molecule has 0 saturated heterocycles. The molecule has 22 heavy (non-hydrogen) atoms. The van der Waals surface area contributed by atoms with Gasteiger partial charge in [-0.05, 0) is 24.3 Å². The minimum absolute atomic E-state index is 0.118. The number of carbonyl (C=O) groups excluding carboxylic acids is 1. The van der Waals surface area contributed by atoms with Gasteiger partial charge in [0, 0.05) is 18.2 Å². The smallest absolute Gasteiger partial charge is 0.343 e. The summed E-state index contributed by atoms with van der Waals surface area (Å²) in [4.78, 5) is 22.0. The molecule has 2 aromatic rings. The summed E-state index contributed by atoms with van der Waals surface area (Å²) in [5.74, 6) is -0.280. The van der Waals surface area contributed by atoms with Gasteiger partial charge in [0.25, 0.3) is 5.69 Å². The predicted octanol–water partition coefficient (Wildman–Crippen LogP) is 2.69. The Balaban J connectivity index is 2.21. The van der Waals surface area contributed by atoms with E-state index in [4.69, 9.17) is 14.7 Å². The van der Waals surface area contributed by atoms with Gasteiger partial charge in [0.15, 0.2) is 11.5 Å². The first-order valence-corrected chi connectivity index (χ1v) is 6.10. The number of benzene rings is 2. The summed E-state index contributed by atoms with van der Waals surface area (Å²) in [7, 11) is 1.39. The van der Waals surface area contributed by atoms with E-state index in [9.17, 15) is 14.9 Å². The van der Waals surface area contributed by atoms with Crippen LogP contribution in [0.4, 0.5) is 5.69 Å². The summed E-state index contributed by atoms with van der Waals surface area (Å²) < 4.78 is 10.2. The molecule has 0 saturated carbocycles. The average molecular weight is 298 g/mol. The number of rotatable bonds is 4. The number of nitriles is 1. The molecule has 0 unspecified atom stereocenters. The summed E-state index contributed by atoms with van der Waals surface area (Å²) in [5, 5.41) is 19.4. The highest BCUT2D eigenvalue weighted by Gasteiger charge is 2.14. The largest absolute Gasteiger partial charge is 0.493 e. The lowest BCUT2D eigenvalue weighted by molar-refractivity contribution is -0.384. The zero-order valence-corrected chi connectivity index (χ0v) is 11.5. The number of hydrogen-bond acceptors (Lipinski definition) is 6. The van der Waals surface area contributed by atoms with Gasteiger partial charge >= 0.3 is 5.97 Å². The van der Waals surface area contributed by atoms with Crippen molar-refractivity contribution < 1.29 is 19.2 Å². The van der Waals surface area contributed by atoms with Crippen LogP contribution >= 0.6 is 0 Å². The fourth-order valence-electron chi connectivity index (χ4n) is 1.70.